The summed E-state index contributed by atoms with van der Waals surface area (Å²) in [6.45, 7) is 3.34. The van der Waals surface area contributed by atoms with Crippen LogP contribution in [-0.2, 0) is 21.1 Å². The summed E-state index contributed by atoms with van der Waals surface area (Å²) in [6, 6.07) is 2.74. The average molecular weight is 241 g/mol. The molecule has 86 valence electrons. The molecule has 0 bridgehead atoms. The highest BCUT2D eigenvalue weighted by atomic mass is 32.2. The third-order valence-corrected chi connectivity index (χ3v) is 3.36. The Bertz CT molecular complexity index is 490. The van der Waals surface area contributed by atoms with Crippen LogP contribution in [0.3, 0.4) is 0 Å². The maximum atomic E-state index is 11.5. The third kappa shape index (κ3) is 3.16. The molecule has 6 heteroatoms. The molecule has 1 rings (SSSR count). The van der Waals surface area contributed by atoms with Crippen molar-refractivity contribution < 1.29 is 18.3 Å². The van der Waals surface area contributed by atoms with E-state index in [1.807, 2.05) is 0 Å². The lowest BCUT2D eigenvalue weighted by Gasteiger charge is -2.01. The molecule has 0 saturated heterocycles. The first-order valence-corrected chi connectivity index (χ1v) is 6.11. The number of carbonyl (C=O) groups is 1. The predicted molar refractivity (Wildman–Crippen MR) is 57.8 cm³/mol. The van der Waals surface area contributed by atoms with Gasteiger partial charge in [0.25, 0.3) is 0 Å². The van der Waals surface area contributed by atoms with Crippen LogP contribution in [0.4, 0.5) is 0 Å². The second-order valence-corrected chi connectivity index (χ2v) is 5.13. The first-order chi connectivity index (χ1) is 7.45. The zero-order valence-electron chi connectivity index (χ0n) is 8.46. The Hall–Kier alpha value is -1.69. The fourth-order valence-electron chi connectivity index (χ4n) is 1.11. The van der Waals surface area contributed by atoms with Crippen molar-refractivity contribution in [3.05, 3.63) is 36.5 Å². The van der Waals surface area contributed by atoms with Gasteiger partial charge in [-0.1, -0.05) is 12.1 Å². The Balaban J connectivity index is 2.95. The molecule has 0 fully saturated rings. The molecule has 0 aliphatic heterocycles. The van der Waals surface area contributed by atoms with Crippen LogP contribution in [-0.4, -0.2) is 30.2 Å². The highest BCUT2D eigenvalue weighted by Crippen LogP contribution is 2.09. The van der Waals surface area contributed by atoms with Gasteiger partial charge in [0.05, 0.1) is 12.2 Å². The molecular weight excluding hydrogens is 230 g/mol. The Labute approximate surface area is 93.4 Å². The number of nitrogens with zero attached hydrogens (tertiary/aromatic N) is 1. The first-order valence-electron chi connectivity index (χ1n) is 4.46. The fourth-order valence-corrected chi connectivity index (χ4v) is 2.08. The van der Waals surface area contributed by atoms with E-state index in [4.69, 9.17) is 5.11 Å². The molecule has 1 N–H and O–H groups in total. The van der Waals surface area contributed by atoms with Gasteiger partial charge in [-0.2, -0.15) is 0 Å². The molecule has 0 atom stereocenters. The predicted octanol–water partition coefficient (Wildman–Crippen LogP) is 0.668. The zero-order valence-corrected chi connectivity index (χ0v) is 9.27. The number of sulfone groups is 1. The lowest BCUT2D eigenvalue weighted by atomic mass is 10.2. The van der Waals surface area contributed by atoms with Gasteiger partial charge in [0, 0.05) is 6.20 Å². The van der Waals surface area contributed by atoms with E-state index in [0.29, 0.717) is 5.56 Å². The van der Waals surface area contributed by atoms with Crippen LogP contribution in [0.15, 0.2) is 36.0 Å². The van der Waals surface area contributed by atoms with Crippen molar-refractivity contribution in [1.82, 2.24) is 4.98 Å². The molecule has 16 heavy (non-hydrogen) atoms. The fraction of sp³-hybridized carbons (Fsp3) is 0.200. The summed E-state index contributed by atoms with van der Waals surface area (Å²) in [5, 5.41) is 8.45. The van der Waals surface area contributed by atoms with Gasteiger partial charge in [-0.05, 0) is 11.6 Å². The first kappa shape index (κ1) is 12.4. The zero-order chi connectivity index (χ0) is 12.2. The third-order valence-electron chi connectivity index (χ3n) is 1.81. The minimum atomic E-state index is -3.43. The Morgan fingerprint density at radius 1 is 1.50 bits per heavy atom. The highest BCUT2D eigenvalue weighted by Gasteiger charge is 2.13. The van der Waals surface area contributed by atoms with Crippen molar-refractivity contribution in [1.29, 1.82) is 0 Å². The molecule has 0 unspecified atom stereocenters. The summed E-state index contributed by atoms with van der Waals surface area (Å²) in [4.78, 5) is 14.1. The molecule has 0 aliphatic rings. The molecule has 0 saturated carbocycles. The van der Waals surface area contributed by atoms with E-state index in [1.54, 1.807) is 0 Å². The van der Waals surface area contributed by atoms with Crippen LogP contribution in [0.1, 0.15) is 5.56 Å². The highest BCUT2D eigenvalue weighted by molar-refractivity contribution is 7.91. The summed E-state index contributed by atoms with van der Waals surface area (Å²) >= 11 is 0. The van der Waals surface area contributed by atoms with E-state index in [2.05, 4.69) is 11.6 Å². The minimum Gasteiger partial charge on any atom is -0.481 e. The van der Waals surface area contributed by atoms with Crippen molar-refractivity contribution in [3.63, 3.8) is 0 Å². The lowest BCUT2D eigenvalue weighted by molar-refractivity contribution is -0.136. The molecule has 0 aliphatic carbocycles. The molecule has 0 aromatic carbocycles. The van der Waals surface area contributed by atoms with Crippen LogP contribution >= 0.6 is 0 Å². The number of rotatable bonds is 5. The van der Waals surface area contributed by atoms with E-state index in [-0.39, 0.29) is 17.2 Å². The second kappa shape index (κ2) is 4.89. The number of carboxylic acids is 1. The largest absolute Gasteiger partial charge is 0.481 e. The topological polar surface area (TPSA) is 84.3 Å². The molecule has 1 heterocycles. The Kier molecular flexibility index (Phi) is 3.78. The van der Waals surface area contributed by atoms with Crippen molar-refractivity contribution in [2.24, 2.45) is 0 Å². The second-order valence-electron chi connectivity index (χ2n) is 3.15. The Morgan fingerprint density at radius 3 is 2.62 bits per heavy atom. The minimum absolute atomic E-state index is 0.0680. The van der Waals surface area contributed by atoms with Gasteiger partial charge < -0.3 is 5.11 Å². The number of pyridine rings is 1. The van der Waals surface area contributed by atoms with E-state index in [0.717, 1.165) is 0 Å². The summed E-state index contributed by atoms with van der Waals surface area (Å²) in [5.41, 5.74) is 0.463. The van der Waals surface area contributed by atoms with Gasteiger partial charge in [0.15, 0.2) is 14.9 Å². The van der Waals surface area contributed by atoms with Gasteiger partial charge in [-0.25, -0.2) is 13.4 Å². The number of carboxylic acid groups (broad SMARTS) is 1. The SMILES string of the molecule is C=CCS(=O)(=O)c1ccc(CC(=O)O)cn1. The van der Waals surface area contributed by atoms with Crippen molar-refractivity contribution in [3.8, 4) is 0 Å². The molecule has 0 spiro atoms. The summed E-state index contributed by atoms with van der Waals surface area (Å²) in [6.07, 6.45) is 2.36. The molecule has 0 amide bonds. The quantitative estimate of drug-likeness (QED) is 0.766. The number of hydrogen-bond acceptors (Lipinski definition) is 4. The normalized spacial score (nSPS) is 11.0. The smallest absolute Gasteiger partial charge is 0.307 e. The maximum absolute atomic E-state index is 11.5. The molecule has 1 aromatic rings. The molecule has 5 nitrogen and oxygen atoms in total. The van der Waals surface area contributed by atoms with E-state index in [1.165, 1.54) is 24.4 Å². The van der Waals surface area contributed by atoms with Crippen LogP contribution in [0.5, 0.6) is 0 Å². The van der Waals surface area contributed by atoms with Gasteiger partial charge in [0.1, 0.15) is 0 Å². The summed E-state index contributed by atoms with van der Waals surface area (Å²) in [5.74, 6) is -1.17. The van der Waals surface area contributed by atoms with Crippen molar-refractivity contribution in [2.75, 3.05) is 5.75 Å². The van der Waals surface area contributed by atoms with Crippen molar-refractivity contribution in [2.45, 2.75) is 11.4 Å². The Morgan fingerprint density at radius 2 is 2.19 bits per heavy atom. The molecule has 1 aromatic heterocycles. The van der Waals surface area contributed by atoms with E-state index < -0.39 is 15.8 Å². The van der Waals surface area contributed by atoms with E-state index >= 15 is 0 Å². The van der Waals surface area contributed by atoms with Crippen LogP contribution < -0.4 is 0 Å². The van der Waals surface area contributed by atoms with Gasteiger partial charge in [0.2, 0.25) is 0 Å². The van der Waals surface area contributed by atoms with Crippen molar-refractivity contribution >= 4 is 15.8 Å². The summed E-state index contributed by atoms with van der Waals surface area (Å²) < 4.78 is 23.0. The van der Waals surface area contributed by atoms with E-state index in [9.17, 15) is 13.2 Å². The molecule has 0 radical (unpaired) electrons. The van der Waals surface area contributed by atoms with Gasteiger partial charge in [-0.3, -0.25) is 4.79 Å². The monoisotopic (exact) mass is 241 g/mol. The number of hydrogen-bond donors (Lipinski definition) is 1. The lowest BCUT2D eigenvalue weighted by Crippen LogP contribution is -2.07. The maximum Gasteiger partial charge on any atom is 0.307 e. The average Bonchev–Trinajstić information content (AvgIpc) is 2.17. The number of aliphatic carboxylic acids is 1. The molecular formula is C10H11NO4S. The summed E-state index contributed by atoms with van der Waals surface area (Å²) in [7, 11) is -3.43. The van der Waals surface area contributed by atoms with Crippen LogP contribution in [0.25, 0.3) is 0 Å². The van der Waals surface area contributed by atoms with Gasteiger partial charge >= 0.3 is 5.97 Å². The van der Waals surface area contributed by atoms with Gasteiger partial charge in [-0.15, -0.1) is 6.58 Å². The van der Waals surface area contributed by atoms with Crippen LogP contribution in [0.2, 0.25) is 0 Å². The standard InChI is InChI=1S/C10H11NO4S/c1-2-5-16(14,15)9-4-3-8(7-11-9)6-10(12)13/h2-4,7H,1,5-6H2,(H,12,13). The number of aromatic nitrogens is 1. The van der Waals surface area contributed by atoms with Crippen LogP contribution in [0, 0.1) is 0 Å².